The molecule has 1 saturated carbocycles. The fourth-order valence-corrected chi connectivity index (χ4v) is 2.61. The molecule has 0 heterocycles. The minimum absolute atomic E-state index is 0.142. The maximum Gasteiger partial charge on any atom is 0.0661 e. The van der Waals surface area contributed by atoms with Crippen molar-refractivity contribution in [1.29, 1.82) is 0 Å². The quantitative estimate of drug-likeness (QED) is 0.705. The van der Waals surface area contributed by atoms with E-state index in [9.17, 15) is 5.11 Å². The SMILES string of the molecule is Cc1ccc(N)cc1NC1(CO)CCCCC1. The second-order valence-corrected chi connectivity index (χ2v) is 5.20. The summed E-state index contributed by atoms with van der Waals surface area (Å²) in [5.74, 6) is 0. The van der Waals surface area contributed by atoms with Crippen LogP contribution < -0.4 is 11.1 Å². The van der Waals surface area contributed by atoms with Gasteiger partial charge in [-0.3, -0.25) is 0 Å². The van der Waals surface area contributed by atoms with E-state index in [1.165, 1.54) is 24.8 Å². The molecule has 17 heavy (non-hydrogen) atoms. The molecule has 0 aromatic heterocycles. The summed E-state index contributed by atoms with van der Waals surface area (Å²) in [4.78, 5) is 0. The van der Waals surface area contributed by atoms with Gasteiger partial charge in [0.2, 0.25) is 0 Å². The number of nitrogens with two attached hydrogens (primary N) is 1. The molecule has 3 heteroatoms. The topological polar surface area (TPSA) is 58.3 Å². The number of anilines is 2. The molecule has 1 aromatic rings. The van der Waals surface area contributed by atoms with Crippen molar-refractivity contribution in [1.82, 2.24) is 0 Å². The first-order valence-corrected chi connectivity index (χ1v) is 6.40. The van der Waals surface area contributed by atoms with Crippen molar-refractivity contribution in [2.45, 2.75) is 44.6 Å². The van der Waals surface area contributed by atoms with Gasteiger partial charge in [0, 0.05) is 11.4 Å². The van der Waals surface area contributed by atoms with E-state index in [-0.39, 0.29) is 12.1 Å². The van der Waals surface area contributed by atoms with Gasteiger partial charge in [0.05, 0.1) is 12.1 Å². The Morgan fingerprint density at radius 3 is 2.65 bits per heavy atom. The largest absolute Gasteiger partial charge is 0.399 e. The van der Waals surface area contributed by atoms with Crippen molar-refractivity contribution in [2.24, 2.45) is 0 Å². The number of rotatable bonds is 3. The zero-order valence-corrected chi connectivity index (χ0v) is 10.5. The molecule has 1 aliphatic carbocycles. The summed E-state index contributed by atoms with van der Waals surface area (Å²) in [7, 11) is 0. The van der Waals surface area contributed by atoms with E-state index in [1.807, 2.05) is 18.2 Å². The average Bonchev–Trinajstić information content (AvgIpc) is 2.35. The number of hydrogen-bond donors (Lipinski definition) is 3. The highest BCUT2D eigenvalue weighted by Crippen LogP contribution is 2.32. The molecule has 0 amide bonds. The predicted molar refractivity (Wildman–Crippen MR) is 72.1 cm³/mol. The molecule has 1 aromatic carbocycles. The van der Waals surface area contributed by atoms with Gasteiger partial charge >= 0.3 is 0 Å². The van der Waals surface area contributed by atoms with E-state index in [2.05, 4.69) is 12.2 Å². The van der Waals surface area contributed by atoms with Gasteiger partial charge in [-0.2, -0.15) is 0 Å². The second kappa shape index (κ2) is 4.96. The number of nitrogen functional groups attached to an aromatic ring is 1. The lowest BCUT2D eigenvalue weighted by molar-refractivity contribution is 0.173. The Morgan fingerprint density at radius 1 is 1.29 bits per heavy atom. The Morgan fingerprint density at radius 2 is 2.00 bits per heavy atom. The zero-order valence-electron chi connectivity index (χ0n) is 10.5. The normalized spacial score (nSPS) is 18.9. The summed E-state index contributed by atoms with van der Waals surface area (Å²) in [5.41, 5.74) is 8.67. The molecule has 0 unspecified atom stereocenters. The van der Waals surface area contributed by atoms with Crippen LogP contribution in [0.15, 0.2) is 18.2 Å². The van der Waals surface area contributed by atoms with Crippen molar-refractivity contribution in [3.63, 3.8) is 0 Å². The van der Waals surface area contributed by atoms with E-state index in [4.69, 9.17) is 5.73 Å². The summed E-state index contributed by atoms with van der Waals surface area (Å²) in [6, 6.07) is 5.89. The molecule has 0 spiro atoms. The van der Waals surface area contributed by atoms with Crippen molar-refractivity contribution in [3.8, 4) is 0 Å². The standard InChI is InChI=1S/C14H22N2O/c1-11-5-6-12(15)9-13(11)16-14(10-17)7-3-2-4-8-14/h5-6,9,16-17H,2-4,7-8,10,15H2,1H3. The molecule has 0 bridgehead atoms. The Kier molecular flexibility index (Phi) is 3.57. The summed E-state index contributed by atoms with van der Waals surface area (Å²) >= 11 is 0. The average molecular weight is 234 g/mol. The van der Waals surface area contributed by atoms with Crippen LogP contribution in [-0.4, -0.2) is 17.3 Å². The molecular weight excluding hydrogens is 212 g/mol. The maximum atomic E-state index is 9.67. The van der Waals surface area contributed by atoms with E-state index in [1.54, 1.807) is 0 Å². The van der Waals surface area contributed by atoms with Crippen molar-refractivity contribution in [2.75, 3.05) is 17.7 Å². The van der Waals surface area contributed by atoms with Gasteiger partial charge in [0.1, 0.15) is 0 Å². The van der Waals surface area contributed by atoms with Crippen molar-refractivity contribution < 1.29 is 5.11 Å². The van der Waals surface area contributed by atoms with Gasteiger partial charge in [0.15, 0.2) is 0 Å². The highest BCUT2D eigenvalue weighted by atomic mass is 16.3. The summed E-state index contributed by atoms with van der Waals surface area (Å²) in [5, 5.41) is 13.2. The van der Waals surface area contributed by atoms with Crippen molar-refractivity contribution in [3.05, 3.63) is 23.8 Å². The van der Waals surface area contributed by atoms with E-state index in [0.29, 0.717) is 0 Å². The molecule has 1 fully saturated rings. The van der Waals surface area contributed by atoms with Gasteiger partial charge in [-0.1, -0.05) is 25.3 Å². The molecule has 0 aliphatic heterocycles. The first kappa shape index (κ1) is 12.2. The van der Waals surface area contributed by atoms with Gasteiger partial charge in [-0.05, 0) is 37.5 Å². The monoisotopic (exact) mass is 234 g/mol. The molecule has 0 saturated heterocycles. The van der Waals surface area contributed by atoms with E-state index < -0.39 is 0 Å². The fraction of sp³-hybridized carbons (Fsp3) is 0.571. The third-order valence-corrected chi connectivity index (χ3v) is 3.77. The van der Waals surface area contributed by atoms with Crippen LogP contribution in [0.2, 0.25) is 0 Å². The Labute approximate surface area is 103 Å². The summed E-state index contributed by atoms with van der Waals surface area (Å²) < 4.78 is 0. The number of aliphatic hydroxyl groups is 1. The van der Waals surface area contributed by atoms with Gasteiger partial charge < -0.3 is 16.2 Å². The molecule has 0 radical (unpaired) electrons. The number of aliphatic hydroxyl groups excluding tert-OH is 1. The smallest absolute Gasteiger partial charge is 0.0661 e. The third kappa shape index (κ3) is 2.72. The Bertz CT molecular complexity index is 384. The Balaban J connectivity index is 2.20. The highest BCUT2D eigenvalue weighted by Gasteiger charge is 2.31. The summed E-state index contributed by atoms with van der Waals surface area (Å²) in [6.07, 6.45) is 5.73. The number of aryl methyl sites for hydroxylation is 1. The van der Waals surface area contributed by atoms with Crippen LogP contribution in [0, 0.1) is 6.92 Å². The number of benzene rings is 1. The zero-order chi connectivity index (χ0) is 12.3. The van der Waals surface area contributed by atoms with Crippen LogP contribution in [0.25, 0.3) is 0 Å². The molecule has 2 rings (SSSR count). The first-order chi connectivity index (χ1) is 8.15. The van der Waals surface area contributed by atoms with E-state index in [0.717, 1.165) is 24.2 Å². The van der Waals surface area contributed by atoms with Crippen LogP contribution in [0.4, 0.5) is 11.4 Å². The molecular formula is C14H22N2O. The lowest BCUT2D eigenvalue weighted by Gasteiger charge is -2.38. The van der Waals surface area contributed by atoms with Crippen LogP contribution in [0.5, 0.6) is 0 Å². The maximum absolute atomic E-state index is 9.67. The fourth-order valence-electron chi connectivity index (χ4n) is 2.61. The lowest BCUT2D eigenvalue weighted by atomic mass is 9.82. The van der Waals surface area contributed by atoms with Crippen LogP contribution in [0.1, 0.15) is 37.7 Å². The summed E-state index contributed by atoms with van der Waals surface area (Å²) in [6.45, 7) is 2.26. The van der Waals surface area contributed by atoms with Gasteiger partial charge in [-0.15, -0.1) is 0 Å². The van der Waals surface area contributed by atoms with Crippen LogP contribution in [-0.2, 0) is 0 Å². The molecule has 94 valence electrons. The number of nitrogens with one attached hydrogen (secondary N) is 1. The molecule has 3 nitrogen and oxygen atoms in total. The van der Waals surface area contributed by atoms with Gasteiger partial charge in [-0.25, -0.2) is 0 Å². The Hall–Kier alpha value is -1.22. The highest BCUT2D eigenvalue weighted by molar-refractivity contribution is 5.60. The van der Waals surface area contributed by atoms with Crippen LogP contribution >= 0.6 is 0 Å². The molecule has 0 atom stereocenters. The van der Waals surface area contributed by atoms with Crippen LogP contribution in [0.3, 0.4) is 0 Å². The predicted octanol–water partition coefficient (Wildman–Crippen LogP) is 2.68. The van der Waals surface area contributed by atoms with Gasteiger partial charge in [0.25, 0.3) is 0 Å². The molecule has 1 aliphatic rings. The third-order valence-electron chi connectivity index (χ3n) is 3.77. The second-order valence-electron chi connectivity index (χ2n) is 5.20. The lowest BCUT2D eigenvalue weighted by Crippen LogP contribution is -2.44. The minimum Gasteiger partial charge on any atom is -0.399 e. The minimum atomic E-state index is -0.142. The first-order valence-electron chi connectivity index (χ1n) is 6.40. The molecule has 4 N–H and O–H groups in total. The van der Waals surface area contributed by atoms with Crippen molar-refractivity contribution >= 4 is 11.4 Å². The number of hydrogen-bond acceptors (Lipinski definition) is 3. The van der Waals surface area contributed by atoms with E-state index >= 15 is 0 Å².